The second-order valence-corrected chi connectivity index (χ2v) is 4.53. The molecule has 1 saturated carbocycles. The molecular weight excluding hydrogens is 228 g/mol. The highest BCUT2D eigenvalue weighted by molar-refractivity contribution is 6.01. The lowest BCUT2D eigenvalue weighted by molar-refractivity contribution is -0.117. The zero-order valence-corrected chi connectivity index (χ0v) is 10.2. The van der Waals surface area contributed by atoms with Gasteiger partial charge in [0.2, 0.25) is 0 Å². The molecule has 0 saturated heterocycles. The largest absolute Gasteiger partial charge is 0.472 e. The first-order valence-electron chi connectivity index (χ1n) is 6.24. The molecule has 1 aromatic heterocycles. The summed E-state index contributed by atoms with van der Waals surface area (Å²) in [6.07, 6.45) is 10.1. The van der Waals surface area contributed by atoms with Crippen LogP contribution in [0.15, 0.2) is 28.6 Å². The van der Waals surface area contributed by atoms with E-state index in [9.17, 15) is 4.79 Å². The lowest BCUT2D eigenvalue weighted by atomic mass is 9.95. The average molecular weight is 244 g/mol. The molecule has 0 radical (unpaired) electrons. The summed E-state index contributed by atoms with van der Waals surface area (Å²) in [4.78, 5) is 11.9. The van der Waals surface area contributed by atoms with E-state index in [1.807, 2.05) is 6.07 Å². The van der Waals surface area contributed by atoms with Gasteiger partial charge in [-0.3, -0.25) is 4.79 Å². The number of hydrogen-bond donors (Lipinski definition) is 1. The van der Waals surface area contributed by atoms with Crippen LogP contribution in [-0.2, 0) is 4.79 Å². The van der Waals surface area contributed by atoms with Gasteiger partial charge in [0.1, 0.15) is 11.6 Å². The number of nitrogens with one attached hydrogen (secondary N) is 1. The van der Waals surface area contributed by atoms with Crippen molar-refractivity contribution >= 4 is 12.0 Å². The molecule has 2 rings (SSSR count). The predicted octanol–water partition coefficient (Wildman–Crippen LogP) is 2.64. The minimum atomic E-state index is -0.286. The SMILES string of the molecule is N#C/C(=C\c1ccoc1)C(=O)NC1CCCCC1. The molecule has 0 unspecified atom stereocenters. The summed E-state index contributed by atoms with van der Waals surface area (Å²) in [7, 11) is 0. The zero-order chi connectivity index (χ0) is 12.8. The normalized spacial score (nSPS) is 17.2. The molecule has 4 nitrogen and oxygen atoms in total. The van der Waals surface area contributed by atoms with Crippen molar-refractivity contribution < 1.29 is 9.21 Å². The fourth-order valence-corrected chi connectivity index (χ4v) is 2.18. The molecule has 4 heteroatoms. The van der Waals surface area contributed by atoms with Crippen LogP contribution in [0.1, 0.15) is 37.7 Å². The van der Waals surface area contributed by atoms with Crippen LogP contribution in [0.3, 0.4) is 0 Å². The molecule has 1 heterocycles. The van der Waals surface area contributed by atoms with Gasteiger partial charge in [0, 0.05) is 11.6 Å². The number of furan rings is 1. The van der Waals surface area contributed by atoms with Gasteiger partial charge in [0.15, 0.2) is 0 Å². The van der Waals surface area contributed by atoms with E-state index in [0.29, 0.717) is 0 Å². The highest BCUT2D eigenvalue weighted by atomic mass is 16.3. The molecule has 1 fully saturated rings. The lowest BCUT2D eigenvalue weighted by Gasteiger charge is -2.22. The molecule has 1 aromatic rings. The first-order valence-corrected chi connectivity index (χ1v) is 6.24. The maximum Gasteiger partial charge on any atom is 0.262 e. The van der Waals surface area contributed by atoms with E-state index in [1.54, 1.807) is 12.1 Å². The summed E-state index contributed by atoms with van der Waals surface area (Å²) in [5.41, 5.74) is 0.854. The Labute approximate surface area is 106 Å². The maximum atomic E-state index is 11.9. The first kappa shape index (κ1) is 12.4. The summed E-state index contributed by atoms with van der Waals surface area (Å²) >= 11 is 0. The average Bonchev–Trinajstić information content (AvgIpc) is 2.90. The van der Waals surface area contributed by atoms with Gasteiger partial charge in [0.25, 0.3) is 5.91 Å². The topological polar surface area (TPSA) is 66.0 Å². The van der Waals surface area contributed by atoms with Crippen LogP contribution in [0.2, 0.25) is 0 Å². The number of amides is 1. The van der Waals surface area contributed by atoms with E-state index < -0.39 is 0 Å². The Hall–Kier alpha value is -2.02. The fourth-order valence-electron chi connectivity index (χ4n) is 2.18. The minimum absolute atomic E-state index is 0.127. The smallest absolute Gasteiger partial charge is 0.262 e. The van der Waals surface area contributed by atoms with Crippen molar-refractivity contribution in [1.82, 2.24) is 5.32 Å². The van der Waals surface area contributed by atoms with E-state index in [2.05, 4.69) is 5.32 Å². The van der Waals surface area contributed by atoms with Crippen molar-refractivity contribution in [2.45, 2.75) is 38.1 Å². The van der Waals surface area contributed by atoms with Gasteiger partial charge in [0.05, 0.1) is 12.5 Å². The summed E-state index contributed by atoms with van der Waals surface area (Å²) in [5, 5.41) is 11.9. The Bertz CT molecular complexity index is 462. The Balaban J connectivity index is 2.00. The summed E-state index contributed by atoms with van der Waals surface area (Å²) in [6, 6.07) is 3.87. The molecule has 0 aliphatic heterocycles. The van der Waals surface area contributed by atoms with Crippen LogP contribution in [0, 0.1) is 11.3 Å². The molecule has 1 N–H and O–H groups in total. The Kier molecular flexibility index (Phi) is 4.19. The first-order chi connectivity index (χ1) is 8.79. The van der Waals surface area contributed by atoms with Crippen molar-refractivity contribution in [2.24, 2.45) is 0 Å². The molecule has 1 amide bonds. The van der Waals surface area contributed by atoms with Gasteiger partial charge in [-0.2, -0.15) is 5.26 Å². The molecule has 0 aromatic carbocycles. The van der Waals surface area contributed by atoms with Crippen LogP contribution in [0.25, 0.3) is 6.08 Å². The Morgan fingerprint density at radius 3 is 2.83 bits per heavy atom. The van der Waals surface area contributed by atoms with Crippen LogP contribution in [0.5, 0.6) is 0 Å². The number of nitriles is 1. The molecule has 94 valence electrons. The Morgan fingerprint density at radius 1 is 1.44 bits per heavy atom. The quantitative estimate of drug-likeness (QED) is 0.656. The molecule has 0 spiro atoms. The third kappa shape index (κ3) is 3.24. The van der Waals surface area contributed by atoms with Crippen molar-refractivity contribution in [3.8, 4) is 6.07 Å². The number of hydrogen-bond acceptors (Lipinski definition) is 3. The van der Waals surface area contributed by atoms with E-state index in [0.717, 1.165) is 31.2 Å². The van der Waals surface area contributed by atoms with E-state index >= 15 is 0 Å². The van der Waals surface area contributed by atoms with Crippen molar-refractivity contribution in [2.75, 3.05) is 0 Å². The van der Waals surface area contributed by atoms with Crippen molar-refractivity contribution in [3.63, 3.8) is 0 Å². The second kappa shape index (κ2) is 6.06. The number of nitrogens with zero attached hydrogens (tertiary/aromatic N) is 1. The molecule has 1 aliphatic carbocycles. The second-order valence-electron chi connectivity index (χ2n) is 4.53. The fraction of sp³-hybridized carbons (Fsp3) is 0.429. The van der Waals surface area contributed by atoms with Gasteiger partial charge >= 0.3 is 0 Å². The molecule has 18 heavy (non-hydrogen) atoms. The summed E-state index contributed by atoms with van der Waals surface area (Å²) in [5.74, 6) is -0.286. The van der Waals surface area contributed by atoms with Gasteiger partial charge in [-0.15, -0.1) is 0 Å². The summed E-state index contributed by atoms with van der Waals surface area (Å²) < 4.78 is 4.90. The predicted molar refractivity (Wildman–Crippen MR) is 67.3 cm³/mol. The number of carbonyl (C=O) groups is 1. The van der Waals surface area contributed by atoms with E-state index in [1.165, 1.54) is 18.9 Å². The van der Waals surface area contributed by atoms with E-state index in [4.69, 9.17) is 9.68 Å². The minimum Gasteiger partial charge on any atom is -0.472 e. The zero-order valence-electron chi connectivity index (χ0n) is 10.2. The summed E-state index contributed by atoms with van der Waals surface area (Å²) in [6.45, 7) is 0. The van der Waals surface area contributed by atoms with Gasteiger partial charge in [-0.25, -0.2) is 0 Å². The van der Waals surface area contributed by atoms with Crippen LogP contribution in [-0.4, -0.2) is 11.9 Å². The lowest BCUT2D eigenvalue weighted by Crippen LogP contribution is -2.36. The third-order valence-corrected chi connectivity index (χ3v) is 3.16. The van der Waals surface area contributed by atoms with Gasteiger partial charge in [-0.05, 0) is 25.0 Å². The molecule has 1 aliphatic rings. The number of rotatable bonds is 3. The van der Waals surface area contributed by atoms with Crippen LogP contribution >= 0.6 is 0 Å². The Morgan fingerprint density at radius 2 is 2.22 bits per heavy atom. The molecule has 0 atom stereocenters. The monoisotopic (exact) mass is 244 g/mol. The molecule has 0 bridgehead atoms. The van der Waals surface area contributed by atoms with Gasteiger partial charge in [-0.1, -0.05) is 19.3 Å². The van der Waals surface area contributed by atoms with Crippen LogP contribution in [0.4, 0.5) is 0 Å². The standard InChI is InChI=1S/C14H16N2O2/c15-9-12(8-11-6-7-18-10-11)14(17)16-13-4-2-1-3-5-13/h6-8,10,13H,1-5H2,(H,16,17)/b12-8+. The molecular formula is C14H16N2O2. The van der Waals surface area contributed by atoms with Crippen molar-refractivity contribution in [1.29, 1.82) is 5.26 Å². The van der Waals surface area contributed by atoms with E-state index in [-0.39, 0.29) is 17.5 Å². The van der Waals surface area contributed by atoms with Crippen molar-refractivity contribution in [3.05, 3.63) is 29.7 Å². The maximum absolute atomic E-state index is 11.9. The van der Waals surface area contributed by atoms with Crippen LogP contribution < -0.4 is 5.32 Å². The third-order valence-electron chi connectivity index (χ3n) is 3.16. The van der Waals surface area contributed by atoms with Gasteiger partial charge < -0.3 is 9.73 Å². The number of carbonyl (C=O) groups excluding carboxylic acids is 1. The highest BCUT2D eigenvalue weighted by Crippen LogP contribution is 2.18. The highest BCUT2D eigenvalue weighted by Gasteiger charge is 2.17.